The van der Waals surface area contributed by atoms with E-state index in [0.29, 0.717) is 12.3 Å². The van der Waals surface area contributed by atoms with Crippen LogP contribution in [0.4, 0.5) is 0 Å². The molecule has 128 valence electrons. The Morgan fingerprint density at radius 2 is 2.00 bits per heavy atom. The van der Waals surface area contributed by atoms with Crippen LogP contribution in [-0.2, 0) is 14.4 Å². The molecule has 0 aliphatic heterocycles. The van der Waals surface area contributed by atoms with E-state index in [1.54, 1.807) is 6.08 Å². The Hall–Kier alpha value is -1.20. The van der Waals surface area contributed by atoms with Gasteiger partial charge < -0.3 is 5.11 Å². The summed E-state index contributed by atoms with van der Waals surface area (Å²) in [5.41, 5.74) is 0.965. The Morgan fingerprint density at radius 1 is 1.21 bits per heavy atom. The summed E-state index contributed by atoms with van der Waals surface area (Å²) in [5.74, 6) is 0.312. The summed E-state index contributed by atoms with van der Waals surface area (Å²) >= 11 is 4.87. The first-order chi connectivity index (χ1) is 11.5. The van der Waals surface area contributed by atoms with Crippen molar-refractivity contribution in [3.8, 4) is 0 Å². The van der Waals surface area contributed by atoms with Crippen molar-refractivity contribution in [2.45, 2.75) is 36.9 Å². The number of aliphatic hydroxyl groups excluding tert-OH is 1. The van der Waals surface area contributed by atoms with Crippen molar-refractivity contribution < 1.29 is 19.5 Å². The van der Waals surface area contributed by atoms with Crippen LogP contribution in [0.1, 0.15) is 32.1 Å². The monoisotopic (exact) mass is 346 g/mol. The highest BCUT2D eigenvalue weighted by molar-refractivity contribution is 7.82. The minimum atomic E-state index is -0.641. The minimum Gasteiger partial charge on any atom is -0.389 e. The Balaban J connectivity index is 1.68. The van der Waals surface area contributed by atoms with Crippen LogP contribution >= 0.6 is 12.6 Å². The van der Waals surface area contributed by atoms with Crippen molar-refractivity contribution >= 4 is 30.0 Å². The molecule has 0 saturated heterocycles. The van der Waals surface area contributed by atoms with Crippen molar-refractivity contribution in [3.63, 3.8) is 0 Å². The van der Waals surface area contributed by atoms with Gasteiger partial charge in [0.25, 0.3) is 0 Å². The standard InChI is InChI=1S/C19H22O4S/c20-9-17(23)13-4-3-12-14-2-1-10-7-11(21)5-6-19(10,24)18(14)16(22)8-15(12)13/h5-7,12-15,18,20,24H,1-4,8-9H2/t12?,13-,14?,15?,18?,19?/m0/s1. The van der Waals surface area contributed by atoms with Gasteiger partial charge >= 0.3 is 0 Å². The number of ketones is 3. The molecule has 0 aromatic rings. The molecule has 0 spiro atoms. The highest BCUT2D eigenvalue weighted by atomic mass is 32.1. The lowest BCUT2D eigenvalue weighted by Gasteiger charge is -2.51. The van der Waals surface area contributed by atoms with Crippen LogP contribution in [0.15, 0.2) is 23.8 Å². The Kier molecular flexibility index (Phi) is 3.84. The Morgan fingerprint density at radius 3 is 2.75 bits per heavy atom. The largest absolute Gasteiger partial charge is 0.389 e. The number of fused-ring (bicyclic) bond motifs is 5. The van der Waals surface area contributed by atoms with E-state index in [-0.39, 0.29) is 41.0 Å². The smallest absolute Gasteiger partial charge is 0.178 e. The van der Waals surface area contributed by atoms with Gasteiger partial charge in [0, 0.05) is 18.3 Å². The first-order valence-corrected chi connectivity index (χ1v) is 9.23. The molecule has 4 nitrogen and oxygen atoms in total. The molecule has 0 amide bonds. The topological polar surface area (TPSA) is 71.4 Å². The number of aliphatic hydroxyl groups is 1. The van der Waals surface area contributed by atoms with Crippen LogP contribution < -0.4 is 0 Å². The molecule has 0 heterocycles. The molecule has 0 radical (unpaired) electrons. The third kappa shape index (κ3) is 2.21. The van der Waals surface area contributed by atoms with Gasteiger partial charge in [0.05, 0.1) is 4.75 Å². The average Bonchev–Trinajstić information content (AvgIpc) is 2.98. The average molecular weight is 346 g/mol. The molecule has 4 aliphatic rings. The molecule has 0 aromatic heterocycles. The Labute approximate surface area is 146 Å². The summed E-state index contributed by atoms with van der Waals surface area (Å²) in [5, 5.41) is 9.21. The fourth-order valence-corrected chi connectivity index (χ4v) is 6.37. The zero-order valence-electron chi connectivity index (χ0n) is 13.5. The zero-order valence-corrected chi connectivity index (χ0v) is 14.4. The van der Waals surface area contributed by atoms with Gasteiger partial charge in [-0.05, 0) is 61.2 Å². The second-order valence-electron chi connectivity index (χ2n) is 7.72. The molecule has 5 unspecified atom stereocenters. The third-order valence-corrected chi connectivity index (χ3v) is 7.48. The van der Waals surface area contributed by atoms with E-state index in [1.807, 2.05) is 6.08 Å². The quantitative estimate of drug-likeness (QED) is 0.750. The molecule has 6 atom stereocenters. The molecule has 24 heavy (non-hydrogen) atoms. The van der Waals surface area contributed by atoms with Crippen molar-refractivity contribution in [1.82, 2.24) is 0 Å². The van der Waals surface area contributed by atoms with E-state index in [0.717, 1.165) is 31.3 Å². The molecule has 5 heteroatoms. The first kappa shape index (κ1) is 16.3. The van der Waals surface area contributed by atoms with Gasteiger partial charge in [-0.2, -0.15) is 12.6 Å². The first-order valence-electron chi connectivity index (χ1n) is 8.78. The highest BCUT2D eigenvalue weighted by Gasteiger charge is 2.58. The van der Waals surface area contributed by atoms with Crippen LogP contribution in [-0.4, -0.2) is 33.8 Å². The molecule has 0 aromatic carbocycles. The molecule has 3 saturated carbocycles. The fraction of sp³-hybridized carbons (Fsp3) is 0.632. The summed E-state index contributed by atoms with van der Waals surface area (Å²) in [6, 6.07) is 0. The highest BCUT2D eigenvalue weighted by Crippen LogP contribution is 2.59. The summed E-state index contributed by atoms with van der Waals surface area (Å²) < 4.78 is -0.641. The number of hydrogen-bond acceptors (Lipinski definition) is 5. The van der Waals surface area contributed by atoms with Crippen LogP contribution in [0.3, 0.4) is 0 Å². The third-order valence-electron chi connectivity index (χ3n) is 6.76. The van der Waals surface area contributed by atoms with Crippen molar-refractivity contribution in [3.05, 3.63) is 23.8 Å². The van der Waals surface area contributed by atoms with Crippen LogP contribution in [0.25, 0.3) is 0 Å². The number of allylic oxidation sites excluding steroid dienone is 2. The van der Waals surface area contributed by atoms with Crippen molar-refractivity contribution in [2.24, 2.45) is 29.6 Å². The van der Waals surface area contributed by atoms with E-state index in [9.17, 15) is 19.5 Å². The van der Waals surface area contributed by atoms with Gasteiger partial charge in [-0.25, -0.2) is 0 Å². The molecule has 0 bridgehead atoms. The lowest BCUT2D eigenvalue weighted by atomic mass is 9.55. The fourth-order valence-electron chi connectivity index (χ4n) is 5.79. The Bertz CT molecular complexity index is 679. The van der Waals surface area contributed by atoms with Gasteiger partial charge in [0.15, 0.2) is 11.6 Å². The van der Waals surface area contributed by atoms with E-state index < -0.39 is 11.4 Å². The van der Waals surface area contributed by atoms with E-state index in [1.165, 1.54) is 6.08 Å². The van der Waals surface area contributed by atoms with Crippen LogP contribution in [0.5, 0.6) is 0 Å². The van der Waals surface area contributed by atoms with Gasteiger partial charge in [-0.1, -0.05) is 6.08 Å². The second kappa shape index (κ2) is 5.67. The van der Waals surface area contributed by atoms with E-state index >= 15 is 0 Å². The number of Topliss-reactive ketones (excluding diaryl/α,β-unsaturated/α-hetero) is 2. The summed E-state index contributed by atoms with van der Waals surface area (Å²) in [7, 11) is 0. The van der Waals surface area contributed by atoms with Crippen LogP contribution in [0, 0.1) is 29.6 Å². The number of hydrogen-bond donors (Lipinski definition) is 2. The van der Waals surface area contributed by atoms with Gasteiger partial charge in [0.2, 0.25) is 0 Å². The predicted molar refractivity (Wildman–Crippen MR) is 91.6 cm³/mol. The number of rotatable bonds is 2. The molecule has 4 rings (SSSR count). The van der Waals surface area contributed by atoms with Gasteiger partial charge in [-0.3, -0.25) is 14.4 Å². The summed E-state index contributed by atoms with van der Waals surface area (Å²) in [4.78, 5) is 36.7. The van der Waals surface area contributed by atoms with E-state index in [4.69, 9.17) is 12.6 Å². The number of carbonyl (C=O) groups is 3. The zero-order chi connectivity index (χ0) is 17.1. The number of carbonyl (C=O) groups excluding carboxylic acids is 3. The molecule has 1 N–H and O–H groups in total. The lowest BCUT2D eigenvalue weighted by Crippen LogP contribution is -2.53. The van der Waals surface area contributed by atoms with Crippen molar-refractivity contribution in [1.29, 1.82) is 0 Å². The van der Waals surface area contributed by atoms with Crippen molar-refractivity contribution in [2.75, 3.05) is 6.61 Å². The SMILES string of the molecule is O=C1C=CC2(S)C(=C1)CCC1C3CC[C@H](C(=O)CO)C3CC(=O)C12. The predicted octanol–water partition coefficient (Wildman–Crippen LogP) is 1.92. The molecular formula is C19H22O4S. The maximum atomic E-state index is 13.0. The molecule has 3 fully saturated rings. The molecular weight excluding hydrogens is 324 g/mol. The van der Waals surface area contributed by atoms with Gasteiger partial charge in [0.1, 0.15) is 12.4 Å². The minimum absolute atomic E-state index is 0.0243. The molecule has 4 aliphatic carbocycles. The van der Waals surface area contributed by atoms with E-state index in [2.05, 4.69) is 0 Å². The maximum Gasteiger partial charge on any atom is 0.178 e. The maximum absolute atomic E-state index is 13.0. The number of thiol groups is 1. The lowest BCUT2D eigenvalue weighted by molar-refractivity contribution is -0.135. The second-order valence-corrected chi connectivity index (χ2v) is 8.46. The summed E-state index contributed by atoms with van der Waals surface area (Å²) in [6.45, 7) is -0.426. The summed E-state index contributed by atoms with van der Waals surface area (Å²) in [6.07, 6.45) is 8.79. The van der Waals surface area contributed by atoms with Crippen LogP contribution in [0.2, 0.25) is 0 Å². The van der Waals surface area contributed by atoms with Gasteiger partial charge in [-0.15, -0.1) is 0 Å². The normalized spacial score (nSPS) is 43.8.